The Morgan fingerprint density at radius 1 is 1.00 bits per heavy atom. The van der Waals surface area contributed by atoms with Crippen molar-refractivity contribution in [3.05, 3.63) is 83.9 Å². The molecule has 1 saturated heterocycles. The highest BCUT2D eigenvalue weighted by Gasteiger charge is 2.32. The molecule has 1 atom stereocenters. The molecular formula is C26H24F3N3O3. The van der Waals surface area contributed by atoms with Crippen molar-refractivity contribution >= 4 is 23.3 Å². The van der Waals surface area contributed by atoms with E-state index in [1.54, 1.807) is 4.90 Å². The number of amides is 3. The van der Waals surface area contributed by atoms with E-state index in [-0.39, 0.29) is 18.2 Å². The summed E-state index contributed by atoms with van der Waals surface area (Å²) in [6.07, 6.45) is -3.33. The van der Waals surface area contributed by atoms with Crippen LogP contribution in [0.15, 0.2) is 72.8 Å². The smallest absolute Gasteiger partial charge is 0.392 e. The molecule has 6 nitrogen and oxygen atoms in total. The van der Waals surface area contributed by atoms with Crippen LogP contribution in [0.25, 0.3) is 11.1 Å². The summed E-state index contributed by atoms with van der Waals surface area (Å²) in [5.41, 5.74) is 2.69. The normalized spacial score (nSPS) is 16.2. The minimum atomic E-state index is -4.46. The monoisotopic (exact) mass is 483 g/mol. The number of alkyl halides is 3. The Hall–Kier alpha value is -3.85. The second-order valence-corrected chi connectivity index (χ2v) is 8.22. The SMILES string of the molecule is O=C(Nc1ccc(C(F)(F)F)cc1)N[C@H]1CCCN(c2ccc(-c3ccccc3CO)cc2)C1=O. The largest absolute Gasteiger partial charge is 0.416 e. The third-order valence-corrected chi connectivity index (χ3v) is 5.89. The lowest BCUT2D eigenvalue weighted by Crippen LogP contribution is -2.53. The Labute approximate surface area is 200 Å². The van der Waals surface area contributed by atoms with Gasteiger partial charge in [-0.2, -0.15) is 13.2 Å². The number of aliphatic hydroxyl groups is 1. The first-order valence-corrected chi connectivity index (χ1v) is 11.1. The molecule has 1 fully saturated rings. The second kappa shape index (κ2) is 10.2. The number of hydrogen-bond donors (Lipinski definition) is 3. The highest BCUT2D eigenvalue weighted by Crippen LogP contribution is 2.30. The van der Waals surface area contributed by atoms with Crippen molar-refractivity contribution < 1.29 is 27.9 Å². The number of aliphatic hydroxyl groups excluding tert-OH is 1. The van der Waals surface area contributed by atoms with Crippen molar-refractivity contribution in [1.29, 1.82) is 0 Å². The van der Waals surface area contributed by atoms with Crippen LogP contribution in [0.5, 0.6) is 0 Å². The minimum absolute atomic E-state index is 0.0789. The first kappa shape index (κ1) is 24.3. The second-order valence-electron chi connectivity index (χ2n) is 8.22. The van der Waals surface area contributed by atoms with Crippen LogP contribution in [0.1, 0.15) is 24.0 Å². The van der Waals surface area contributed by atoms with E-state index < -0.39 is 23.8 Å². The van der Waals surface area contributed by atoms with Crippen LogP contribution in [-0.4, -0.2) is 29.6 Å². The van der Waals surface area contributed by atoms with Crippen molar-refractivity contribution in [3.63, 3.8) is 0 Å². The zero-order chi connectivity index (χ0) is 25.0. The maximum absolute atomic E-state index is 13.0. The maximum Gasteiger partial charge on any atom is 0.416 e. The van der Waals surface area contributed by atoms with Gasteiger partial charge in [-0.15, -0.1) is 0 Å². The van der Waals surface area contributed by atoms with Crippen LogP contribution >= 0.6 is 0 Å². The van der Waals surface area contributed by atoms with Gasteiger partial charge in [-0.05, 0) is 65.9 Å². The van der Waals surface area contributed by atoms with E-state index in [2.05, 4.69) is 10.6 Å². The van der Waals surface area contributed by atoms with Gasteiger partial charge in [0.2, 0.25) is 5.91 Å². The summed E-state index contributed by atoms with van der Waals surface area (Å²) in [6, 6.07) is 17.6. The van der Waals surface area contributed by atoms with Crippen LogP contribution < -0.4 is 15.5 Å². The van der Waals surface area contributed by atoms with Gasteiger partial charge >= 0.3 is 12.2 Å². The van der Waals surface area contributed by atoms with Crippen LogP contribution in [0, 0.1) is 0 Å². The number of carbonyl (C=O) groups is 2. The number of benzene rings is 3. The lowest BCUT2D eigenvalue weighted by atomic mass is 9.99. The molecule has 1 aliphatic heterocycles. The number of carbonyl (C=O) groups excluding carboxylic acids is 2. The molecule has 1 aliphatic rings. The van der Waals surface area contributed by atoms with E-state index in [0.717, 1.165) is 41.0 Å². The summed E-state index contributed by atoms with van der Waals surface area (Å²) in [5.74, 6) is -0.262. The Morgan fingerprint density at radius 2 is 1.69 bits per heavy atom. The quantitative estimate of drug-likeness (QED) is 0.468. The lowest BCUT2D eigenvalue weighted by Gasteiger charge is -2.32. The predicted molar refractivity (Wildman–Crippen MR) is 127 cm³/mol. The Balaban J connectivity index is 1.40. The van der Waals surface area contributed by atoms with Crippen LogP contribution in [-0.2, 0) is 17.6 Å². The molecule has 9 heteroatoms. The molecule has 3 N–H and O–H groups in total. The fourth-order valence-corrected chi connectivity index (χ4v) is 4.09. The molecule has 0 unspecified atom stereocenters. The predicted octanol–water partition coefficient (Wildman–Crippen LogP) is 5.18. The van der Waals surface area contributed by atoms with Crippen LogP contribution in [0.3, 0.4) is 0 Å². The number of piperidine rings is 1. The molecular weight excluding hydrogens is 459 g/mol. The summed E-state index contributed by atoms with van der Waals surface area (Å²) in [7, 11) is 0. The highest BCUT2D eigenvalue weighted by atomic mass is 19.4. The number of rotatable bonds is 5. The van der Waals surface area contributed by atoms with E-state index in [1.165, 1.54) is 0 Å². The van der Waals surface area contributed by atoms with Gasteiger partial charge in [0.05, 0.1) is 12.2 Å². The number of hydrogen-bond acceptors (Lipinski definition) is 3. The van der Waals surface area contributed by atoms with Crippen molar-refractivity contribution in [2.75, 3.05) is 16.8 Å². The standard InChI is InChI=1S/C26H24F3N3O3/c27-26(28,29)19-9-11-20(12-10-19)30-25(35)31-23-6-3-15-32(24(23)34)21-13-7-17(8-14-21)22-5-2-1-4-18(22)16-33/h1-2,4-5,7-14,23,33H,3,6,15-16H2,(H2,30,31,35)/t23-/m0/s1. The topological polar surface area (TPSA) is 81.7 Å². The lowest BCUT2D eigenvalue weighted by molar-refractivity contribution is -0.137. The van der Waals surface area contributed by atoms with Crippen molar-refractivity contribution in [2.24, 2.45) is 0 Å². The molecule has 35 heavy (non-hydrogen) atoms. The van der Waals surface area contributed by atoms with Crippen molar-refractivity contribution in [3.8, 4) is 11.1 Å². The number of nitrogens with zero attached hydrogens (tertiary/aromatic N) is 1. The van der Waals surface area contributed by atoms with Gasteiger partial charge in [0.1, 0.15) is 6.04 Å². The van der Waals surface area contributed by atoms with Crippen molar-refractivity contribution in [2.45, 2.75) is 31.7 Å². The number of anilines is 2. The molecule has 0 spiro atoms. The summed E-state index contributed by atoms with van der Waals surface area (Å²) in [4.78, 5) is 27.0. The summed E-state index contributed by atoms with van der Waals surface area (Å²) >= 11 is 0. The zero-order valence-corrected chi connectivity index (χ0v) is 18.7. The maximum atomic E-state index is 13.0. The van der Waals surface area contributed by atoms with Gasteiger partial charge in [0.25, 0.3) is 0 Å². The van der Waals surface area contributed by atoms with Gasteiger partial charge in [-0.25, -0.2) is 4.79 Å². The summed E-state index contributed by atoms with van der Waals surface area (Å²) in [6.45, 7) is 0.425. The average Bonchev–Trinajstić information content (AvgIpc) is 2.85. The third kappa shape index (κ3) is 5.63. The number of urea groups is 1. The van der Waals surface area contributed by atoms with Gasteiger partial charge in [0, 0.05) is 17.9 Å². The Morgan fingerprint density at radius 3 is 2.34 bits per heavy atom. The molecule has 0 aliphatic carbocycles. The molecule has 0 saturated carbocycles. The van der Waals surface area contributed by atoms with E-state index >= 15 is 0 Å². The fraction of sp³-hybridized carbons (Fsp3) is 0.231. The molecule has 0 radical (unpaired) electrons. The highest BCUT2D eigenvalue weighted by molar-refractivity contribution is 6.01. The third-order valence-electron chi connectivity index (χ3n) is 5.89. The van der Waals surface area contributed by atoms with Crippen LogP contribution in [0.4, 0.5) is 29.3 Å². The number of nitrogens with one attached hydrogen (secondary N) is 2. The van der Waals surface area contributed by atoms with E-state index in [4.69, 9.17) is 0 Å². The minimum Gasteiger partial charge on any atom is -0.392 e. The molecule has 0 aromatic heterocycles. The molecule has 3 aromatic rings. The molecule has 3 aromatic carbocycles. The van der Waals surface area contributed by atoms with E-state index in [1.807, 2.05) is 48.5 Å². The molecule has 4 rings (SSSR count). The van der Waals surface area contributed by atoms with Crippen LogP contribution in [0.2, 0.25) is 0 Å². The molecule has 1 heterocycles. The van der Waals surface area contributed by atoms with Gasteiger partial charge in [-0.3, -0.25) is 4.79 Å². The number of halogens is 3. The zero-order valence-electron chi connectivity index (χ0n) is 18.7. The van der Waals surface area contributed by atoms with Gasteiger partial charge < -0.3 is 20.6 Å². The first-order chi connectivity index (χ1) is 16.8. The average molecular weight is 483 g/mol. The van der Waals surface area contributed by atoms with Gasteiger partial charge in [-0.1, -0.05) is 36.4 Å². The first-order valence-electron chi connectivity index (χ1n) is 11.1. The summed E-state index contributed by atoms with van der Waals surface area (Å²) < 4.78 is 38.1. The fourth-order valence-electron chi connectivity index (χ4n) is 4.09. The van der Waals surface area contributed by atoms with Crippen molar-refractivity contribution in [1.82, 2.24) is 5.32 Å². The van der Waals surface area contributed by atoms with E-state index in [9.17, 15) is 27.9 Å². The molecule has 0 bridgehead atoms. The molecule has 3 amide bonds. The Bertz CT molecular complexity index is 1190. The summed E-state index contributed by atoms with van der Waals surface area (Å²) in [5, 5.41) is 14.7. The van der Waals surface area contributed by atoms with Gasteiger partial charge in [0.15, 0.2) is 0 Å². The van der Waals surface area contributed by atoms with E-state index in [0.29, 0.717) is 25.1 Å². The Kier molecular flexibility index (Phi) is 7.07. The molecule has 182 valence electrons.